The summed E-state index contributed by atoms with van der Waals surface area (Å²) in [7, 11) is 0. The van der Waals surface area contributed by atoms with Crippen molar-refractivity contribution < 1.29 is 4.39 Å². The summed E-state index contributed by atoms with van der Waals surface area (Å²) in [5, 5.41) is 2.90. The zero-order valence-electron chi connectivity index (χ0n) is 11.6. The third-order valence-corrected chi connectivity index (χ3v) is 3.16. The Morgan fingerprint density at radius 2 is 2.14 bits per heavy atom. The van der Waals surface area contributed by atoms with Crippen LogP contribution < -0.4 is 22.3 Å². The van der Waals surface area contributed by atoms with Gasteiger partial charge in [0.2, 0.25) is 0 Å². The van der Waals surface area contributed by atoms with Crippen molar-refractivity contribution in [2.45, 2.75) is 19.9 Å². The SMILES string of the molecule is CCn1c(N)c(NCCc2cccc(F)c2)c(=O)[nH]c1=O. The fourth-order valence-electron chi connectivity index (χ4n) is 2.10. The molecule has 21 heavy (non-hydrogen) atoms. The molecule has 0 atom stereocenters. The second-order valence-electron chi connectivity index (χ2n) is 4.57. The van der Waals surface area contributed by atoms with Gasteiger partial charge in [0, 0.05) is 13.1 Å². The van der Waals surface area contributed by atoms with Crippen LogP contribution in [0, 0.1) is 5.82 Å². The van der Waals surface area contributed by atoms with E-state index >= 15 is 0 Å². The van der Waals surface area contributed by atoms with Gasteiger partial charge in [0.25, 0.3) is 5.56 Å². The van der Waals surface area contributed by atoms with E-state index in [1.165, 1.54) is 16.7 Å². The quantitative estimate of drug-likeness (QED) is 0.764. The van der Waals surface area contributed by atoms with Gasteiger partial charge in [0.05, 0.1) is 0 Å². The molecular weight excluding hydrogens is 275 g/mol. The van der Waals surface area contributed by atoms with Gasteiger partial charge in [-0.3, -0.25) is 14.3 Å². The molecule has 0 aliphatic carbocycles. The van der Waals surface area contributed by atoms with Gasteiger partial charge in [-0.05, 0) is 31.0 Å². The van der Waals surface area contributed by atoms with Crippen molar-refractivity contribution in [1.82, 2.24) is 9.55 Å². The Morgan fingerprint density at radius 1 is 1.38 bits per heavy atom. The Balaban J connectivity index is 2.14. The van der Waals surface area contributed by atoms with E-state index in [0.29, 0.717) is 19.5 Å². The molecule has 2 rings (SSSR count). The van der Waals surface area contributed by atoms with E-state index in [2.05, 4.69) is 10.3 Å². The van der Waals surface area contributed by atoms with Crippen molar-refractivity contribution in [2.24, 2.45) is 0 Å². The minimum atomic E-state index is -0.554. The molecule has 1 heterocycles. The van der Waals surface area contributed by atoms with E-state index in [0.717, 1.165) is 5.56 Å². The molecular formula is C14H17FN4O2. The Labute approximate surface area is 120 Å². The Hall–Kier alpha value is -2.57. The summed E-state index contributed by atoms with van der Waals surface area (Å²) in [5.74, 6) is -0.199. The Kier molecular flexibility index (Phi) is 4.42. The Morgan fingerprint density at radius 3 is 2.81 bits per heavy atom. The summed E-state index contributed by atoms with van der Waals surface area (Å²) in [6.45, 7) is 2.52. The number of anilines is 2. The number of nitrogens with one attached hydrogen (secondary N) is 2. The number of hydrogen-bond donors (Lipinski definition) is 3. The monoisotopic (exact) mass is 292 g/mol. The van der Waals surface area contributed by atoms with Crippen LogP contribution in [0.15, 0.2) is 33.9 Å². The van der Waals surface area contributed by atoms with Gasteiger partial charge in [-0.1, -0.05) is 12.1 Å². The number of nitrogens with two attached hydrogens (primary N) is 1. The molecule has 0 amide bonds. The highest BCUT2D eigenvalue weighted by atomic mass is 19.1. The highest BCUT2D eigenvalue weighted by Gasteiger charge is 2.10. The van der Waals surface area contributed by atoms with Crippen LogP contribution in [0.3, 0.4) is 0 Å². The van der Waals surface area contributed by atoms with E-state index in [4.69, 9.17) is 5.73 Å². The average Bonchev–Trinajstić information content (AvgIpc) is 2.43. The van der Waals surface area contributed by atoms with Gasteiger partial charge in [-0.2, -0.15) is 0 Å². The minimum Gasteiger partial charge on any atom is -0.383 e. The van der Waals surface area contributed by atoms with Crippen LogP contribution in [-0.2, 0) is 13.0 Å². The van der Waals surface area contributed by atoms with Crippen LogP contribution in [0.4, 0.5) is 15.9 Å². The summed E-state index contributed by atoms with van der Waals surface area (Å²) in [4.78, 5) is 25.5. The lowest BCUT2D eigenvalue weighted by atomic mass is 10.1. The highest BCUT2D eigenvalue weighted by Crippen LogP contribution is 2.10. The van der Waals surface area contributed by atoms with Gasteiger partial charge in [-0.15, -0.1) is 0 Å². The predicted molar refractivity (Wildman–Crippen MR) is 80.0 cm³/mol. The summed E-state index contributed by atoms with van der Waals surface area (Å²) in [5.41, 5.74) is 5.70. The molecule has 0 unspecified atom stereocenters. The lowest BCUT2D eigenvalue weighted by Crippen LogP contribution is -2.34. The first-order valence-corrected chi connectivity index (χ1v) is 6.63. The molecule has 0 aliphatic heterocycles. The second-order valence-corrected chi connectivity index (χ2v) is 4.57. The first-order valence-electron chi connectivity index (χ1n) is 6.63. The number of nitrogen functional groups attached to an aromatic ring is 1. The molecule has 7 heteroatoms. The average molecular weight is 292 g/mol. The van der Waals surface area contributed by atoms with Gasteiger partial charge in [0.1, 0.15) is 17.3 Å². The maximum atomic E-state index is 13.1. The molecule has 0 saturated carbocycles. The van der Waals surface area contributed by atoms with Crippen molar-refractivity contribution in [1.29, 1.82) is 0 Å². The first-order chi connectivity index (χ1) is 10.0. The molecule has 1 aromatic heterocycles. The van der Waals surface area contributed by atoms with Crippen molar-refractivity contribution in [2.75, 3.05) is 17.6 Å². The summed E-state index contributed by atoms with van der Waals surface area (Å²) < 4.78 is 14.3. The van der Waals surface area contributed by atoms with Crippen molar-refractivity contribution in [3.05, 3.63) is 56.5 Å². The standard InChI is InChI=1S/C14H17FN4O2/c1-2-19-12(16)11(13(20)18-14(19)21)17-7-6-9-4-3-5-10(15)8-9/h3-5,8,17H,2,6-7,16H2,1H3,(H,18,20,21). The fourth-order valence-corrected chi connectivity index (χ4v) is 2.10. The number of benzene rings is 1. The summed E-state index contributed by atoms with van der Waals surface area (Å²) in [6.07, 6.45) is 0.530. The molecule has 0 fully saturated rings. The second kappa shape index (κ2) is 6.25. The smallest absolute Gasteiger partial charge is 0.330 e. The van der Waals surface area contributed by atoms with Crippen molar-refractivity contribution in [3.63, 3.8) is 0 Å². The predicted octanol–water partition coefficient (Wildman–Crippen LogP) is 0.932. The number of aromatic nitrogens is 2. The van der Waals surface area contributed by atoms with E-state index in [-0.39, 0.29) is 17.3 Å². The third kappa shape index (κ3) is 3.31. The van der Waals surface area contributed by atoms with E-state index < -0.39 is 11.2 Å². The largest absolute Gasteiger partial charge is 0.383 e. The number of nitrogens with zero attached hydrogens (tertiary/aromatic N) is 1. The van der Waals surface area contributed by atoms with Gasteiger partial charge in [-0.25, -0.2) is 9.18 Å². The number of rotatable bonds is 5. The van der Waals surface area contributed by atoms with Gasteiger partial charge >= 0.3 is 5.69 Å². The van der Waals surface area contributed by atoms with Crippen LogP contribution in [0.5, 0.6) is 0 Å². The fraction of sp³-hybridized carbons (Fsp3) is 0.286. The molecule has 0 radical (unpaired) electrons. The van der Waals surface area contributed by atoms with Crippen LogP contribution in [-0.4, -0.2) is 16.1 Å². The zero-order chi connectivity index (χ0) is 15.4. The van der Waals surface area contributed by atoms with Crippen LogP contribution in [0.1, 0.15) is 12.5 Å². The summed E-state index contributed by atoms with van der Waals surface area (Å²) >= 11 is 0. The normalized spacial score (nSPS) is 10.6. The lowest BCUT2D eigenvalue weighted by Gasteiger charge is -2.12. The number of hydrogen-bond acceptors (Lipinski definition) is 4. The molecule has 0 saturated heterocycles. The molecule has 4 N–H and O–H groups in total. The lowest BCUT2D eigenvalue weighted by molar-refractivity contribution is 0.625. The third-order valence-electron chi connectivity index (χ3n) is 3.16. The molecule has 112 valence electrons. The van der Waals surface area contributed by atoms with Crippen LogP contribution in [0.2, 0.25) is 0 Å². The van der Waals surface area contributed by atoms with Gasteiger partial charge < -0.3 is 11.1 Å². The van der Waals surface area contributed by atoms with Crippen molar-refractivity contribution in [3.8, 4) is 0 Å². The summed E-state index contributed by atoms with van der Waals surface area (Å²) in [6, 6.07) is 6.23. The zero-order valence-corrected chi connectivity index (χ0v) is 11.6. The van der Waals surface area contributed by atoms with E-state index in [1.807, 2.05) is 0 Å². The molecule has 0 bridgehead atoms. The topological polar surface area (TPSA) is 92.9 Å². The Bertz CT molecular complexity index is 751. The number of H-pyrrole nitrogens is 1. The van der Waals surface area contributed by atoms with E-state index in [9.17, 15) is 14.0 Å². The molecule has 1 aromatic carbocycles. The number of halogens is 1. The molecule has 6 nitrogen and oxygen atoms in total. The van der Waals surface area contributed by atoms with Crippen LogP contribution in [0.25, 0.3) is 0 Å². The minimum absolute atomic E-state index is 0.102. The molecule has 0 spiro atoms. The highest BCUT2D eigenvalue weighted by molar-refractivity contribution is 5.60. The van der Waals surface area contributed by atoms with Gasteiger partial charge in [0.15, 0.2) is 0 Å². The van der Waals surface area contributed by atoms with Crippen molar-refractivity contribution >= 4 is 11.5 Å². The van der Waals surface area contributed by atoms with Crippen LogP contribution >= 0.6 is 0 Å². The maximum Gasteiger partial charge on any atom is 0.330 e. The maximum absolute atomic E-state index is 13.1. The molecule has 2 aromatic rings. The first kappa shape index (κ1) is 14.8. The van der Waals surface area contributed by atoms with E-state index in [1.54, 1.807) is 19.1 Å². The number of aromatic amines is 1. The molecule has 0 aliphatic rings.